The van der Waals surface area contributed by atoms with Gasteiger partial charge in [0.05, 0.1) is 4.90 Å². The fourth-order valence-electron chi connectivity index (χ4n) is 3.86. The van der Waals surface area contributed by atoms with Crippen LogP contribution in [0.5, 0.6) is 0 Å². The number of halogens is 1. The summed E-state index contributed by atoms with van der Waals surface area (Å²) in [5, 5.41) is 0. The van der Waals surface area contributed by atoms with Crippen LogP contribution < -0.4 is 4.72 Å². The zero-order valence-electron chi connectivity index (χ0n) is 13.4. The van der Waals surface area contributed by atoms with Gasteiger partial charge in [0, 0.05) is 18.6 Å². The van der Waals surface area contributed by atoms with Crippen LogP contribution in [-0.2, 0) is 16.4 Å². The van der Waals surface area contributed by atoms with E-state index in [0.717, 1.165) is 24.9 Å². The number of hydrogen-bond donors (Lipinski definition) is 1. The minimum absolute atomic E-state index is 0.0910. The molecule has 0 amide bonds. The Labute approximate surface area is 141 Å². The highest BCUT2D eigenvalue weighted by molar-refractivity contribution is 7.89. The number of benzene rings is 2. The molecule has 1 heterocycles. The van der Waals surface area contributed by atoms with Gasteiger partial charge in [-0.15, -0.1) is 0 Å². The molecule has 4 rings (SSSR count). The van der Waals surface area contributed by atoms with Crippen LogP contribution in [0, 0.1) is 5.82 Å². The lowest BCUT2D eigenvalue weighted by Gasteiger charge is -2.31. The molecular formula is C18H19FN2O2S. The standard InChI is InChI=1S/C18H19FN2O2S/c1-21-10-9-12-3-2-4-15-16(11-17(21)18(12)15)20-24(22,23)14-7-5-13(19)6-8-14/h2-8,16-17,20H,9-11H2,1H3. The number of rotatable bonds is 3. The summed E-state index contributed by atoms with van der Waals surface area (Å²) in [6.07, 6.45) is 1.72. The second-order valence-corrected chi connectivity index (χ2v) is 8.24. The van der Waals surface area contributed by atoms with E-state index in [2.05, 4.69) is 22.7 Å². The zero-order valence-corrected chi connectivity index (χ0v) is 14.2. The Morgan fingerprint density at radius 1 is 1.17 bits per heavy atom. The van der Waals surface area contributed by atoms with Crippen LogP contribution in [0.25, 0.3) is 0 Å². The van der Waals surface area contributed by atoms with Gasteiger partial charge in [-0.3, -0.25) is 4.90 Å². The monoisotopic (exact) mass is 346 g/mol. The first kappa shape index (κ1) is 15.7. The molecule has 4 nitrogen and oxygen atoms in total. The van der Waals surface area contributed by atoms with Crippen molar-refractivity contribution in [2.45, 2.75) is 29.8 Å². The molecule has 2 atom stereocenters. The lowest BCUT2D eigenvalue weighted by atomic mass is 9.94. The fourth-order valence-corrected chi connectivity index (χ4v) is 5.09. The highest BCUT2D eigenvalue weighted by Gasteiger charge is 2.38. The Kier molecular flexibility index (Phi) is 3.71. The summed E-state index contributed by atoms with van der Waals surface area (Å²) in [7, 11) is -1.60. The Morgan fingerprint density at radius 3 is 2.67 bits per heavy atom. The third-order valence-electron chi connectivity index (χ3n) is 5.09. The van der Waals surface area contributed by atoms with Crippen LogP contribution in [0.3, 0.4) is 0 Å². The topological polar surface area (TPSA) is 49.4 Å². The number of hydrogen-bond acceptors (Lipinski definition) is 3. The van der Waals surface area contributed by atoms with Gasteiger partial charge in [-0.25, -0.2) is 17.5 Å². The molecule has 1 aliphatic carbocycles. The van der Waals surface area contributed by atoms with E-state index in [4.69, 9.17) is 0 Å². The van der Waals surface area contributed by atoms with Crippen LogP contribution in [-0.4, -0.2) is 26.9 Å². The van der Waals surface area contributed by atoms with Gasteiger partial charge >= 0.3 is 0 Å². The highest BCUT2D eigenvalue weighted by Crippen LogP contribution is 2.46. The normalized spacial score (nSPS) is 23.2. The first-order valence-corrected chi connectivity index (χ1v) is 9.54. The van der Waals surface area contributed by atoms with Crippen molar-refractivity contribution in [3.8, 4) is 0 Å². The molecule has 126 valence electrons. The van der Waals surface area contributed by atoms with Crippen LogP contribution in [0.4, 0.5) is 4.39 Å². The van der Waals surface area contributed by atoms with Gasteiger partial charge in [0.1, 0.15) is 5.82 Å². The number of sulfonamides is 1. The fraction of sp³-hybridized carbons (Fsp3) is 0.333. The quantitative estimate of drug-likeness (QED) is 0.930. The van der Waals surface area contributed by atoms with E-state index < -0.39 is 15.8 Å². The molecule has 0 saturated heterocycles. The molecular weight excluding hydrogens is 327 g/mol. The molecule has 0 bridgehead atoms. The molecule has 0 radical (unpaired) electrons. The van der Waals surface area contributed by atoms with Crippen molar-refractivity contribution in [2.24, 2.45) is 0 Å². The number of likely N-dealkylation sites (N-methyl/N-ethyl adjacent to an activating group) is 1. The summed E-state index contributed by atoms with van der Waals surface area (Å²) in [6, 6.07) is 11.1. The summed E-state index contributed by atoms with van der Waals surface area (Å²) in [5.41, 5.74) is 3.66. The summed E-state index contributed by atoms with van der Waals surface area (Å²) in [5.74, 6) is -0.447. The first-order chi connectivity index (χ1) is 11.5. The van der Waals surface area contributed by atoms with Crippen molar-refractivity contribution in [3.05, 3.63) is 65.0 Å². The minimum atomic E-state index is -3.68. The van der Waals surface area contributed by atoms with Gasteiger partial charge in [0.15, 0.2) is 0 Å². The molecule has 0 fully saturated rings. The Morgan fingerprint density at radius 2 is 1.92 bits per heavy atom. The highest BCUT2D eigenvalue weighted by atomic mass is 32.2. The molecule has 1 N–H and O–H groups in total. The lowest BCUT2D eigenvalue weighted by Crippen LogP contribution is -2.31. The third-order valence-corrected chi connectivity index (χ3v) is 6.57. The molecule has 2 unspecified atom stereocenters. The second-order valence-electron chi connectivity index (χ2n) is 6.53. The largest absolute Gasteiger partial charge is 0.299 e. The molecule has 6 heteroatoms. The molecule has 2 aromatic rings. The summed E-state index contributed by atoms with van der Waals surface area (Å²) in [6.45, 7) is 0.985. The van der Waals surface area contributed by atoms with Crippen molar-refractivity contribution in [2.75, 3.05) is 13.6 Å². The van der Waals surface area contributed by atoms with Crippen molar-refractivity contribution >= 4 is 10.0 Å². The van der Waals surface area contributed by atoms with Crippen molar-refractivity contribution < 1.29 is 12.8 Å². The van der Waals surface area contributed by atoms with Gasteiger partial charge in [-0.1, -0.05) is 18.2 Å². The average molecular weight is 346 g/mol. The van der Waals surface area contributed by atoms with Crippen molar-refractivity contribution in [1.29, 1.82) is 0 Å². The van der Waals surface area contributed by atoms with E-state index in [1.54, 1.807) is 0 Å². The second kappa shape index (κ2) is 5.65. The molecule has 2 aliphatic rings. The van der Waals surface area contributed by atoms with Gasteiger partial charge in [-0.05, 0) is 60.8 Å². The predicted octanol–water partition coefficient (Wildman–Crippen LogP) is 2.78. The number of nitrogens with one attached hydrogen (secondary N) is 1. The van der Waals surface area contributed by atoms with Crippen LogP contribution >= 0.6 is 0 Å². The number of nitrogens with zero attached hydrogens (tertiary/aromatic N) is 1. The van der Waals surface area contributed by atoms with Crippen molar-refractivity contribution in [1.82, 2.24) is 9.62 Å². The molecule has 24 heavy (non-hydrogen) atoms. The van der Waals surface area contributed by atoms with E-state index in [1.165, 1.54) is 35.4 Å². The van der Waals surface area contributed by atoms with Crippen LogP contribution in [0.2, 0.25) is 0 Å². The maximum atomic E-state index is 13.0. The molecule has 0 spiro atoms. The van der Waals surface area contributed by atoms with E-state index in [1.807, 2.05) is 12.1 Å². The summed E-state index contributed by atoms with van der Waals surface area (Å²) in [4.78, 5) is 2.38. The Bertz CT molecular complexity index is 880. The van der Waals surface area contributed by atoms with E-state index >= 15 is 0 Å². The SMILES string of the molecule is CN1CCc2cccc3c2C1CC3NS(=O)(=O)c1ccc(F)cc1. The zero-order chi connectivity index (χ0) is 16.9. The minimum Gasteiger partial charge on any atom is -0.299 e. The summed E-state index contributed by atoms with van der Waals surface area (Å²) < 4.78 is 41.1. The maximum absolute atomic E-state index is 13.0. The van der Waals surface area contributed by atoms with Gasteiger partial charge < -0.3 is 0 Å². The van der Waals surface area contributed by atoms with Gasteiger partial charge in [-0.2, -0.15) is 0 Å². The van der Waals surface area contributed by atoms with Crippen LogP contribution in [0.1, 0.15) is 35.2 Å². The van der Waals surface area contributed by atoms with Crippen LogP contribution in [0.15, 0.2) is 47.4 Å². The van der Waals surface area contributed by atoms with Gasteiger partial charge in [0.2, 0.25) is 10.0 Å². The maximum Gasteiger partial charge on any atom is 0.241 e. The lowest BCUT2D eigenvalue weighted by molar-refractivity contribution is 0.224. The smallest absolute Gasteiger partial charge is 0.241 e. The Balaban J connectivity index is 1.67. The first-order valence-electron chi connectivity index (χ1n) is 8.05. The van der Waals surface area contributed by atoms with E-state index in [-0.39, 0.29) is 17.0 Å². The molecule has 1 aliphatic heterocycles. The Hall–Kier alpha value is -1.76. The third kappa shape index (κ3) is 2.55. The molecule has 0 saturated carbocycles. The average Bonchev–Trinajstić information content (AvgIpc) is 2.92. The predicted molar refractivity (Wildman–Crippen MR) is 89.6 cm³/mol. The summed E-state index contributed by atoms with van der Waals surface area (Å²) >= 11 is 0. The van der Waals surface area contributed by atoms with Gasteiger partial charge in [0.25, 0.3) is 0 Å². The molecule has 2 aromatic carbocycles. The van der Waals surface area contributed by atoms with Crippen molar-refractivity contribution in [3.63, 3.8) is 0 Å². The van der Waals surface area contributed by atoms with E-state index in [0.29, 0.717) is 0 Å². The van der Waals surface area contributed by atoms with E-state index in [9.17, 15) is 12.8 Å². The molecule has 0 aromatic heterocycles.